The molecule has 64 valence electrons. The summed E-state index contributed by atoms with van der Waals surface area (Å²) >= 11 is 0. The summed E-state index contributed by atoms with van der Waals surface area (Å²) in [6, 6.07) is 1.12. The highest BCUT2D eigenvalue weighted by Gasteiger charge is 2.36. The van der Waals surface area contributed by atoms with Crippen LogP contribution in [-0.4, -0.2) is 48.3 Å². The minimum absolute atomic E-state index is 0.152. The lowest BCUT2D eigenvalue weighted by molar-refractivity contribution is 0.0952. The molecule has 2 N–H and O–H groups in total. The monoisotopic (exact) mass is 156 g/mol. The summed E-state index contributed by atoms with van der Waals surface area (Å²) in [4.78, 5) is 2.32. The van der Waals surface area contributed by atoms with Crippen LogP contribution in [0.5, 0.6) is 0 Å². The van der Waals surface area contributed by atoms with E-state index >= 15 is 0 Å². The van der Waals surface area contributed by atoms with Crippen molar-refractivity contribution in [3.05, 3.63) is 0 Å². The Balaban J connectivity index is 1.91. The zero-order valence-corrected chi connectivity index (χ0v) is 6.95. The number of rotatable bonds is 2. The van der Waals surface area contributed by atoms with Crippen LogP contribution in [0.25, 0.3) is 0 Å². The Bertz CT molecular complexity index is 147. The maximum absolute atomic E-state index is 9.53. The van der Waals surface area contributed by atoms with Gasteiger partial charge in [-0.05, 0) is 19.9 Å². The summed E-state index contributed by atoms with van der Waals surface area (Å²) in [6.07, 6.45) is 2.49. The molecule has 2 rings (SSSR count). The Morgan fingerprint density at radius 1 is 1.36 bits per heavy atom. The first kappa shape index (κ1) is 7.53. The molecular formula is C8H16N2O. The second-order valence-corrected chi connectivity index (χ2v) is 3.69. The van der Waals surface area contributed by atoms with Gasteiger partial charge in [0.15, 0.2) is 0 Å². The van der Waals surface area contributed by atoms with Gasteiger partial charge in [0.1, 0.15) is 0 Å². The molecule has 1 saturated carbocycles. The van der Waals surface area contributed by atoms with E-state index in [1.807, 2.05) is 0 Å². The van der Waals surface area contributed by atoms with Crippen molar-refractivity contribution in [1.82, 2.24) is 10.2 Å². The Labute approximate surface area is 67.4 Å². The topological polar surface area (TPSA) is 35.5 Å². The lowest BCUT2D eigenvalue weighted by Gasteiger charge is -2.25. The predicted octanol–water partition coefficient (Wildman–Crippen LogP) is -0.587. The number of nitrogens with zero attached hydrogens (tertiary/aromatic N) is 1. The number of aliphatic hydroxyl groups is 1. The van der Waals surface area contributed by atoms with Gasteiger partial charge in [-0.1, -0.05) is 0 Å². The Morgan fingerprint density at radius 3 is 2.55 bits per heavy atom. The summed E-state index contributed by atoms with van der Waals surface area (Å²) in [5.74, 6) is 0. The summed E-state index contributed by atoms with van der Waals surface area (Å²) in [5.41, 5.74) is 0. The Kier molecular flexibility index (Phi) is 1.87. The van der Waals surface area contributed by atoms with E-state index < -0.39 is 0 Å². The quantitative estimate of drug-likeness (QED) is 0.561. The highest BCUT2D eigenvalue weighted by Crippen LogP contribution is 2.28. The minimum atomic E-state index is -0.152. The van der Waals surface area contributed by atoms with Crippen molar-refractivity contribution < 1.29 is 5.11 Å². The zero-order valence-electron chi connectivity index (χ0n) is 6.95. The standard InChI is InChI=1S/C8H16N2O/c1-10(6-2-3-6)7-4-9-5-8(7)11/h6-9,11H,2-5H2,1H3. The molecule has 11 heavy (non-hydrogen) atoms. The van der Waals surface area contributed by atoms with E-state index in [2.05, 4.69) is 17.3 Å². The van der Waals surface area contributed by atoms with Gasteiger partial charge in [0, 0.05) is 25.2 Å². The van der Waals surface area contributed by atoms with Crippen molar-refractivity contribution in [2.45, 2.75) is 31.0 Å². The molecule has 1 aliphatic heterocycles. The van der Waals surface area contributed by atoms with E-state index in [0.717, 1.165) is 19.1 Å². The van der Waals surface area contributed by atoms with Gasteiger partial charge in [0.05, 0.1) is 6.10 Å². The second kappa shape index (κ2) is 2.73. The summed E-state index contributed by atoms with van der Waals surface area (Å²) in [7, 11) is 2.12. The van der Waals surface area contributed by atoms with E-state index in [1.54, 1.807) is 0 Å². The first-order valence-corrected chi connectivity index (χ1v) is 4.40. The first-order valence-electron chi connectivity index (χ1n) is 4.40. The van der Waals surface area contributed by atoms with Crippen LogP contribution in [0.2, 0.25) is 0 Å². The highest BCUT2D eigenvalue weighted by molar-refractivity contribution is 4.94. The largest absolute Gasteiger partial charge is 0.390 e. The average Bonchev–Trinajstić information content (AvgIpc) is 2.74. The molecule has 3 nitrogen and oxygen atoms in total. The lowest BCUT2D eigenvalue weighted by atomic mass is 10.2. The third-order valence-electron chi connectivity index (χ3n) is 2.80. The molecule has 0 spiro atoms. The molecular weight excluding hydrogens is 140 g/mol. The predicted molar refractivity (Wildman–Crippen MR) is 43.4 cm³/mol. The van der Waals surface area contributed by atoms with E-state index in [1.165, 1.54) is 12.8 Å². The Hall–Kier alpha value is -0.120. The molecule has 1 saturated heterocycles. The molecule has 0 aromatic carbocycles. The minimum Gasteiger partial charge on any atom is -0.390 e. The maximum Gasteiger partial charge on any atom is 0.0831 e. The van der Waals surface area contributed by atoms with E-state index in [4.69, 9.17) is 0 Å². The molecule has 0 radical (unpaired) electrons. The summed E-state index contributed by atoms with van der Waals surface area (Å²) in [5, 5.41) is 12.7. The molecule has 3 heteroatoms. The van der Waals surface area contributed by atoms with Crippen LogP contribution < -0.4 is 5.32 Å². The van der Waals surface area contributed by atoms with Gasteiger partial charge in [-0.2, -0.15) is 0 Å². The van der Waals surface area contributed by atoms with Crippen molar-refractivity contribution in [3.8, 4) is 0 Å². The smallest absolute Gasteiger partial charge is 0.0831 e. The molecule has 2 unspecified atom stereocenters. The normalized spacial score (nSPS) is 38.5. The third kappa shape index (κ3) is 1.41. The van der Waals surface area contributed by atoms with Crippen LogP contribution in [0, 0.1) is 0 Å². The summed E-state index contributed by atoms with van der Waals surface area (Å²) < 4.78 is 0. The first-order chi connectivity index (χ1) is 5.29. The van der Waals surface area contributed by atoms with Gasteiger partial charge in [-0.25, -0.2) is 0 Å². The fourth-order valence-corrected chi connectivity index (χ4v) is 1.82. The molecule has 0 bridgehead atoms. The van der Waals surface area contributed by atoms with E-state index in [0.29, 0.717) is 6.04 Å². The molecule has 0 amide bonds. The number of hydrogen-bond acceptors (Lipinski definition) is 3. The lowest BCUT2D eigenvalue weighted by Crippen LogP contribution is -2.41. The number of aliphatic hydroxyl groups excluding tert-OH is 1. The van der Waals surface area contributed by atoms with Gasteiger partial charge in [-0.3, -0.25) is 4.90 Å². The maximum atomic E-state index is 9.53. The molecule has 0 aromatic rings. The van der Waals surface area contributed by atoms with Crippen LogP contribution in [-0.2, 0) is 0 Å². The average molecular weight is 156 g/mol. The molecule has 1 aliphatic carbocycles. The fourth-order valence-electron chi connectivity index (χ4n) is 1.82. The van der Waals surface area contributed by atoms with Crippen molar-refractivity contribution in [2.75, 3.05) is 20.1 Å². The number of likely N-dealkylation sites (N-methyl/N-ethyl adjacent to an activating group) is 1. The third-order valence-corrected chi connectivity index (χ3v) is 2.80. The van der Waals surface area contributed by atoms with Gasteiger partial charge in [0.25, 0.3) is 0 Å². The van der Waals surface area contributed by atoms with Crippen molar-refractivity contribution >= 4 is 0 Å². The van der Waals surface area contributed by atoms with Crippen LogP contribution in [0.1, 0.15) is 12.8 Å². The van der Waals surface area contributed by atoms with Crippen LogP contribution in [0.4, 0.5) is 0 Å². The Morgan fingerprint density at radius 2 is 2.09 bits per heavy atom. The van der Waals surface area contributed by atoms with Crippen molar-refractivity contribution in [2.24, 2.45) is 0 Å². The van der Waals surface area contributed by atoms with Gasteiger partial charge in [-0.15, -0.1) is 0 Å². The summed E-state index contributed by atoms with van der Waals surface area (Å²) in [6.45, 7) is 1.72. The molecule has 0 aromatic heterocycles. The van der Waals surface area contributed by atoms with Gasteiger partial charge < -0.3 is 10.4 Å². The fraction of sp³-hybridized carbons (Fsp3) is 1.00. The SMILES string of the molecule is CN(C1CC1)C1CNCC1O. The van der Waals surface area contributed by atoms with Crippen LogP contribution in [0.3, 0.4) is 0 Å². The van der Waals surface area contributed by atoms with Crippen molar-refractivity contribution in [1.29, 1.82) is 0 Å². The van der Waals surface area contributed by atoms with Crippen LogP contribution in [0.15, 0.2) is 0 Å². The van der Waals surface area contributed by atoms with Gasteiger partial charge >= 0.3 is 0 Å². The number of β-amino-alcohol motifs (C(OH)–C–C–N with tert-alkyl or cyclic N) is 1. The molecule has 2 fully saturated rings. The van der Waals surface area contributed by atoms with Crippen LogP contribution >= 0.6 is 0 Å². The van der Waals surface area contributed by atoms with E-state index in [9.17, 15) is 5.11 Å². The number of hydrogen-bond donors (Lipinski definition) is 2. The van der Waals surface area contributed by atoms with Crippen molar-refractivity contribution in [3.63, 3.8) is 0 Å². The molecule has 2 atom stereocenters. The molecule has 1 heterocycles. The van der Waals surface area contributed by atoms with E-state index in [-0.39, 0.29) is 6.10 Å². The highest BCUT2D eigenvalue weighted by atomic mass is 16.3. The second-order valence-electron chi connectivity index (χ2n) is 3.69. The van der Waals surface area contributed by atoms with Gasteiger partial charge in [0.2, 0.25) is 0 Å². The number of nitrogens with one attached hydrogen (secondary N) is 1. The molecule has 2 aliphatic rings. The zero-order chi connectivity index (χ0) is 7.84.